The van der Waals surface area contributed by atoms with Crippen LogP contribution < -0.4 is 11.0 Å². The molecule has 0 spiro atoms. The topological polar surface area (TPSA) is 56.0 Å². The molecule has 0 fully saturated rings. The molecule has 2 rings (SSSR count). The summed E-state index contributed by atoms with van der Waals surface area (Å²) in [6.07, 6.45) is 0.484. The van der Waals surface area contributed by atoms with Gasteiger partial charge < -0.3 is 5.32 Å². The average molecular weight is 289 g/mol. The first-order chi connectivity index (χ1) is 9.79. The van der Waals surface area contributed by atoms with E-state index < -0.39 is 0 Å². The summed E-state index contributed by atoms with van der Waals surface area (Å²) in [5.74, 6) is 0.0239. The quantitative estimate of drug-likeness (QED) is 0.934. The lowest BCUT2D eigenvalue weighted by Crippen LogP contribution is -2.32. The Bertz CT molecular complexity index is 704. The largest absolute Gasteiger partial charge is 0.354 e. The van der Waals surface area contributed by atoms with Gasteiger partial charge in [0.15, 0.2) is 0 Å². The van der Waals surface area contributed by atoms with Crippen LogP contribution in [0.3, 0.4) is 0 Å². The first-order valence-electron chi connectivity index (χ1n) is 7.20. The van der Waals surface area contributed by atoms with Crippen LogP contribution in [0.1, 0.15) is 27.2 Å². The zero-order valence-corrected chi connectivity index (χ0v) is 13.1. The van der Waals surface area contributed by atoms with Crippen molar-refractivity contribution in [1.29, 1.82) is 0 Å². The van der Waals surface area contributed by atoms with Gasteiger partial charge in [0.05, 0.1) is 11.0 Å². The molecular weight excluding hydrogens is 266 g/mol. The SMILES string of the molecule is Cn1c(=O)n(CCNC(=O)CC(C)(C)C)c2ccccc21. The fourth-order valence-corrected chi connectivity index (χ4v) is 2.43. The van der Waals surface area contributed by atoms with E-state index in [1.54, 1.807) is 16.2 Å². The number of carbonyl (C=O) groups is 1. The molecule has 0 saturated heterocycles. The predicted molar refractivity (Wildman–Crippen MR) is 84.3 cm³/mol. The van der Waals surface area contributed by atoms with Crippen LogP contribution in [0.5, 0.6) is 0 Å². The molecule has 1 aromatic carbocycles. The number of carbonyl (C=O) groups excluding carboxylic acids is 1. The molecule has 0 aliphatic carbocycles. The summed E-state index contributed by atoms with van der Waals surface area (Å²) in [5, 5.41) is 2.88. The van der Waals surface area contributed by atoms with E-state index in [0.717, 1.165) is 11.0 Å². The second-order valence-electron chi connectivity index (χ2n) is 6.57. The molecule has 0 bridgehead atoms. The zero-order valence-electron chi connectivity index (χ0n) is 13.1. The number of nitrogens with one attached hydrogen (secondary N) is 1. The van der Waals surface area contributed by atoms with Gasteiger partial charge in [0, 0.05) is 26.6 Å². The highest BCUT2D eigenvalue weighted by molar-refractivity contribution is 5.77. The molecular formula is C16H23N3O2. The number of aryl methyl sites for hydroxylation is 1. The summed E-state index contributed by atoms with van der Waals surface area (Å²) >= 11 is 0. The number of benzene rings is 1. The fourth-order valence-electron chi connectivity index (χ4n) is 2.43. The summed E-state index contributed by atoms with van der Waals surface area (Å²) in [5.41, 5.74) is 1.72. The van der Waals surface area contributed by atoms with E-state index in [-0.39, 0.29) is 17.0 Å². The number of hydrogen-bond acceptors (Lipinski definition) is 2. The number of imidazole rings is 1. The molecule has 0 unspecified atom stereocenters. The molecule has 5 nitrogen and oxygen atoms in total. The monoisotopic (exact) mass is 289 g/mol. The highest BCUT2D eigenvalue weighted by Gasteiger charge is 2.16. The highest BCUT2D eigenvalue weighted by atomic mass is 16.2. The van der Waals surface area contributed by atoms with Gasteiger partial charge >= 0.3 is 5.69 Å². The van der Waals surface area contributed by atoms with Crippen molar-refractivity contribution >= 4 is 16.9 Å². The van der Waals surface area contributed by atoms with Crippen LogP contribution in [-0.2, 0) is 18.4 Å². The number of amides is 1. The van der Waals surface area contributed by atoms with Crippen molar-refractivity contribution in [2.75, 3.05) is 6.54 Å². The molecule has 114 valence electrons. The van der Waals surface area contributed by atoms with Crippen LogP contribution in [-0.4, -0.2) is 21.6 Å². The Morgan fingerprint density at radius 2 is 1.81 bits per heavy atom. The first kappa shape index (κ1) is 15.4. The van der Waals surface area contributed by atoms with Gasteiger partial charge in [0.2, 0.25) is 5.91 Å². The number of para-hydroxylation sites is 2. The van der Waals surface area contributed by atoms with E-state index in [1.165, 1.54) is 0 Å². The molecule has 0 saturated carbocycles. The molecule has 1 aromatic heterocycles. The normalized spacial score (nSPS) is 11.8. The lowest BCUT2D eigenvalue weighted by molar-refractivity contribution is -0.122. The molecule has 21 heavy (non-hydrogen) atoms. The van der Waals surface area contributed by atoms with Gasteiger partial charge in [-0.15, -0.1) is 0 Å². The minimum absolute atomic E-state index is 0.0239. The maximum Gasteiger partial charge on any atom is 0.328 e. The molecule has 1 amide bonds. The Labute approximate surface area is 124 Å². The van der Waals surface area contributed by atoms with Crippen LogP contribution >= 0.6 is 0 Å². The summed E-state index contributed by atoms with van der Waals surface area (Å²) in [6.45, 7) is 7.03. The molecule has 0 aliphatic rings. The summed E-state index contributed by atoms with van der Waals surface area (Å²) in [6, 6.07) is 7.67. The highest BCUT2D eigenvalue weighted by Crippen LogP contribution is 2.17. The van der Waals surface area contributed by atoms with Crippen molar-refractivity contribution in [3.05, 3.63) is 34.7 Å². The number of hydrogen-bond donors (Lipinski definition) is 1. The number of nitrogens with zero attached hydrogens (tertiary/aromatic N) is 2. The van der Waals surface area contributed by atoms with Gasteiger partial charge in [0.1, 0.15) is 0 Å². The number of rotatable bonds is 4. The molecule has 0 radical (unpaired) electrons. The second-order valence-corrected chi connectivity index (χ2v) is 6.57. The Balaban J connectivity index is 2.06. The van der Waals surface area contributed by atoms with Crippen LogP contribution in [0.2, 0.25) is 0 Å². The Hall–Kier alpha value is -2.04. The van der Waals surface area contributed by atoms with Crippen molar-refractivity contribution < 1.29 is 4.79 Å². The number of aromatic nitrogens is 2. The van der Waals surface area contributed by atoms with Gasteiger partial charge in [-0.05, 0) is 17.5 Å². The molecule has 0 aliphatic heterocycles. The van der Waals surface area contributed by atoms with Crippen LogP contribution in [0.4, 0.5) is 0 Å². The second kappa shape index (κ2) is 5.76. The third-order valence-corrected chi connectivity index (χ3v) is 3.40. The summed E-state index contributed by atoms with van der Waals surface area (Å²) in [4.78, 5) is 24.0. The van der Waals surface area contributed by atoms with Crippen molar-refractivity contribution in [3.63, 3.8) is 0 Å². The Morgan fingerprint density at radius 1 is 1.19 bits per heavy atom. The maximum atomic E-state index is 12.2. The molecule has 1 heterocycles. The van der Waals surface area contributed by atoms with Gasteiger partial charge in [-0.3, -0.25) is 13.9 Å². The van der Waals surface area contributed by atoms with E-state index >= 15 is 0 Å². The third-order valence-electron chi connectivity index (χ3n) is 3.40. The van der Waals surface area contributed by atoms with E-state index in [1.807, 2.05) is 45.0 Å². The Kier molecular flexibility index (Phi) is 4.21. The van der Waals surface area contributed by atoms with Gasteiger partial charge in [-0.2, -0.15) is 0 Å². The van der Waals surface area contributed by atoms with E-state index in [4.69, 9.17) is 0 Å². The number of fused-ring (bicyclic) bond motifs is 1. The maximum absolute atomic E-state index is 12.2. The van der Waals surface area contributed by atoms with Crippen LogP contribution in [0, 0.1) is 5.41 Å². The van der Waals surface area contributed by atoms with E-state index in [0.29, 0.717) is 19.5 Å². The third kappa shape index (κ3) is 3.54. The van der Waals surface area contributed by atoms with Crippen molar-refractivity contribution in [2.24, 2.45) is 12.5 Å². The molecule has 2 aromatic rings. The summed E-state index contributed by atoms with van der Waals surface area (Å²) < 4.78 is 3.33. The predicted octanol–water partition coefficient (Wildman–Crippen LogP) is 1.89. The minimum atomic E-state index is -0.0544. The van der Waals surface area contributed by atoms with Crippen LogP contribution in [0.15, 0.2) is 29.1 Å². The minimum Gasteiger partial charge on any atom is -0.354 e. The summed E-state index contributed by atoms with van der Waals surface area (Å²) in [7, 11) is 1.76. The van der Waals surface area contributed by atoms with Crippen molar-refractivity contribution in [3.8, 4) is 0 Å². The van der Waals surface area contributed by atoms with Crippen molar-refractivity contribution in [2.45, 2.75) is 33.7 Å². The Morgan fingerprint density at radius 3 is 2.43 bits per heavy atom. The molecule has 5 heteroatoms. The van der Waals surface area contributed by atoms with Crippen LogP contribution in [0.25, 0.3) is 11.0 Å². The first-order valence-corrected chi connectivity index (χ1v) is 7.20. The smallest absolute Gasteiger partial charge is 0.328 e. The lowest BCUT2D eigenvalue weighted by atomic mass is 9.92. The van der Waals surface area contributed by atoms with E-state index in [2.05, 4.69) is 5.32 Å². The van der Waals surface area contributed by atoms with Gasteiger partial charge in [-0.25, -0.2) is 4.79 Å². The van der Waals surface area contributed by atoms with E-state index in [9.17, 15) is 9.59 Å². The lowest BCUT2D eigenvalue weighted by Gasteiger charge is -2.17. The molecule has 0 atom stereocenters. The molecule has 1 N–H and O–H groups in total. The fraction of sp³-hybridized carbons (Fsp3) is 0.500. The van der Waals surface area contributed by atoms with Gasteiger partial charge in [-0.1, -0.05) is 32.9 Å². The standard InChI is InChI=1S/C16H23N3O2/c1-16(2,3)11-14(20)17-9-10-19-13-8-6-5-7-12(13)18(4)15(19)21/h5-8H,9-11H2,1-4H3,(H,17,20). The average Bonchev–Trinajstić information content (AvgIpc) is 2.62. The van der Waals surface area contributed by atoms with Crippen molar-refractivity contribution in [1.82, 2.24) is 14.5 Å². The van der Waals surface area contributed by atoms with Gasteiger partial charge in [0.25, 0.3) is 0 Å². The zero-order chi connectivity index (χ0) is 15.6.